The fraction of sp³-hybridized carbons (Fsp3) is 0. The quantitative estimate of drug-likeness (QED) is 0.247. The predicted octanol–water partition coefficient (Wildman–Crippen LogP) is -1.48. The van der Waals surface area contributed by atoms with E-state index in [2.05, 4.69) is 9.68 Å². The number of benzene rings is 1. The third-order valence-corrected chi connectivity index (χ3v) is 1.79. The summed E-state index contributed by atoms with van der Waals surface area (Å²) >= 11 is 0. The van der Waals surface area contributed by atoms with Crippen LogP contribution in [-0.2, 0) is 0 Å². The molecular formula is C6H12N6O2. The summed E-state index contributed by atoms with van der Waals surface area (Å²) in [7, 11) is 0. The van der Waals surface area contributed by atoms with Crippen LogP contribution in [0.15, 0.2) is 0 Å². The van der Waals surface area contributed by atoms with E-state index in [1.165, 1.54) is 0 Å². The Morgan fingerprint density at radius 3 is 1.21 bits per heavy atom. The molecule has 12 N–H and O–H groups in total. The maximum absolute atomic E-state index is 5.55. The summed E-state index contributed by atoms with van der Waals surface area (Å²) in [6.45, 7) is 0. The van der Waals surface area contributed by atoms with Gasteiger partial charge in [0, 0.05) is 0 Å². The monoisotopic (exact) mass is 200 g/mol. The van der Waals surface area contributed by atoms with Crippen molar-refractivity contribution in [2.75, 3.05) is 22.9 Å². The highest BCUT2D eigenvalue weighted by atomic mass is 16.6. The van der Waals surface area contributed by atoms with E-state index in [9.17, 15) is 0 Å². The van der Waals surface area contributed by atoms with E-state index >= 15 is 0 Å². The zero-order valence-electron chi connectivity index (χ0n) is 7.28. The molecule has 0 amide bonds. The van der Waals surface area contributed by atoms with Crippen LogP contribution in [0, 0.1) is 0 Å². The summed E-state index contributed by atoms with van der Waals surface area (Å²) in [6, 6.07) is 0. The second-order valence-corrected chi connectivity index (χ2v) is 2.55. The van der Waals surface area contributed by atoms with Gasteiger partial charge in [0.15, 0.2) is 11.5 Å². The summed E-state index contributed by atoms with van der Waals surface area (Å²) < 4.78 is 0. The Hall–Kier alpha value is -2.06. The first kappa shape index (κ1) is 10.0. The molecule has 0 spiro atoms. The zero-order valence-corrected chi connectivity index (χ0v) is 7.28. The highest BCUT2D eigenvalue weighted by Gasteiger charge is 2.19. The molecule has 0 aromatic heterocycles. The molecular weight excluding hydrogens is 188 g/mol. The molecule has 0 unspecified atom stereocenters. The minimum Gasteiger partial charge on any atom is -0.407 e. The number of hydrogen-bond donors (Lipinski definition) is 6. The maximum atomic E-state index is 5.55. The molecule has 1 aromatic carbocycles. The van der Waals surface area contributed by atoms with Crippen LogP contribution in [0.3, 0.4) is 0 Å². The van der Waals surface area contributed by atoms with E-state index in [1.807, 2.05) is 0 Å². The number of rotatable bonds is 2. The topological polar surface area (TPSA) is 175 Å². The van der Waals surface area contributed by atoms with Gasteiger partial charge < -0.3 is 32.6 Å². The SMILES string of the molecule is NOc1c(N)c(N)c(N)c(ON)c1N. The van der Waals surface area contributed by atoms with Gasteiger partial charge in [0.05, 0.1) is 5.69 Å². The lowest BCUT2D eigenvalue weighted by Gasteiger charge is -2.15. The molecule has 8 nitrogen and oxygen atoms in total. The Balaban J connectivity index is 3.56. The van der Waals surface area contributed by atoms with Crippen LogP contribution in [-0.4, -0.2) is 0 Å². The summed E-state index contributed by atoms with van der Waals surface area (Å²) in [5, 5.41) is 0. The Bertz CT molecular complexity index is 335. The van der Waals surface area contributed by atoms with Gasteiger partial charge in [0.1, 0.15) is 17.1 Å². The van der Waals surface area contributed by atoms with E-state index in [-0.39, 0.29) is 34.2 Å². The molecule has 78 valence electrons. The number of hydrogen-bond acceptors (Lipinski definition) is 8. The van der Waals surface area contributed by atoms with Crippen LogP contribution >= 0.6 is 0 Å². The van der Waals surface area contributed by atoms with Gasteiger partial charge in [-0.3, -0.25) is 0 Å². The lowest BCUT2D eigenvalue weighted by molar-refractivity contribution is 0.323. The molecule has 1 rings (SSSR count). The van der Waals surface area contributed by atoms with E-state index in [0.717, 1.165) is 0 Å². The van der Waals surface area contributed by atoms with Gasteiger partial charge in [0.2, 0.25) is 0 Å². The molecule has 0 radical (unpaired) electrons. The average Bonchev–Trinajstić information content (AvgIpc) is 2.16. The first-order valence-corrected chi connectivity index (χ1v) is 3.53. The smallest absolute Gasteiger partial charge is 0.198 e. The van der Waals surface area contributed by atoms with Gasteiger partial charge in [-0.25, -0.2) is 0 Å². The molecule has 0 aliphatic rings. The number of anilines is 4. The molecule has 0 saturated carbocycles. The fourth-order valence-electron chi connectivity index (χ4n) is 1.04. The average molecular weight is 200 g/mol. The van der Waals surface area contributed by atoms with Crippen molar-refractivity contribution < 1.29 is 9.68 Å². The molecule has 0 aliphatic heterocycles. The van der Waals surface area contributed by atoms with Crippen molar-refractivity contribution in [3.05, 3.63) is 0 Å². The first-order chi connectivity index (χ1) is 6.54. The second kappa shape index (κ2) is 3.36. The van der Waals surface area contributed by atoms with Crippen molar-refractivity contribution >= 4 is 22.7 Å². The van der Waals surface area contributed by atoms with Crippen LogP contribution in [0.2, 0.25) is 0 Å². The second-order valence-electron chi connectivity index (χ2n) is 2.55. The maximum Gasteiger partial charge on any atom is 0.198 e. The highest BCUT2D eigenvalue weighted by molar-refractivity contribution is 5.94. The molecule has 0 fully saturated rings. The standard InChI is InChI=1S/C6H12N6O2/c7-1-2(8)5(13-11)4(10)6(14-12)3(1)9/h7-12H2. The normalized spacial score (nSPS) is 9.86. The van der Waals surface area contributed by atoms with Crippen molar-refractivity contribution in [1.82, 2.24) is 0 Å². The predicted molar refractivity (Wildman–Crippen MR) is 53.7 cm³/mol. The van der Waals surface area contributed by atoms with Crippen molar-refractivity contribution in [3.8, 4) is 11.5 Å². The van der Waals surface area contributed by atoms with Crippen molar-refractivity contribution in [2.24, 2.45) is 11.8 Å². The summed E-state index contributed by atoms with van der Waals surface area (Å²) in [5.41, 5.74) is 22.3. The van der Waals surface area contributed by atoms with Gasteiger partial charge in [-0.1, -0.05) is 0 Å². The molecule has 0 atom stereocenters. The largest absolute Gasteiger partial charge is 0.407 e. The van der Waals surface area contributed by atoms with Crippen molar-refractivity contribution in [1.29, 1.82) is 0 Å². The minimum absolute atomic E-state index is 0.000741. The Morgan fingerprint density at radius 1 is 0.571 bits per heavy atom. The van der Waals surface area contributed by atoms with Crippen LogP contribution in [0.4, 0.5) is 22.7 Å². The number of nitrogen functional groups attached to an aromatic ring is 4. The van der Waals surface area contributed by atoms with Gasteiger partial charge in [-0.15, -0.1) is 0 Å². The van der Waals surface area contributed by atoms with Gasteiger partial charge in [-0.2, -0.15) is 11.8 Å². The Kier molecular flexibility index (Phi) is 2.40. The molecule has 0 heterocycles. The van der Waals surface area contributed by atoms with Gasteiger partial charge in [-0.05, 0) is 0 Å². The van der Waals surface area contributed by atoms with Crippen molar-refractivity contribution in [3.63, 3.8) is 0 Å². The van der Waals surface area contributed by atoms with Crippen LogP contribution < -0.4 is 44.4 Å². The molecule has 0 saturated heterocycles. The molecule has 1 aromatic rings. The lowest BCUT2D eigenvalue weighted by Crippen LogP contribution is -2.14. The lowest BCUT2D eigenvalue weighted by atomic mass is 10.1. The summed E-state index contributed by atoms with van der Waals surface area (Å²) in [4.78, 5) is 8.87. The van der Waals surface area contributed by atoms with Gasteiger partial charge in [0.25, 0.3) is 0 Å². The molecule has 0 aliphatic carbocycles. The minimum atomic E-state index is -0.0165. The molecule has 0 bridgehead atoms. The summed E-state index contributed by atoms with van der Waals surface area (Å²) in [5.74, 6) is 9.85. The fourth-order valence-corrected chi connectivity index (χ4v) is 1.04. The van der Waals surface area contributed by atoms with Crippen LogP contribution in [0.25, 0.3) is 0 Å². The molecule has 8 heteroatoms. The zero-order chi connectivity index (χ0) is 10.9. The molecule has 14 heavy (non-hydrogen) atoms. The van der Waals surface area contributed by atoms with E-state index in [4.69, 9.17) is 34.7 Å². The Labute approximate surface area is 79.6 Å². The van der Waals surface area contributed by atoms with Gasteiger partial charge >= 0.3 is 0 Å². The summed E-state index contributed by atoms with van der Waals surface area (Å²) in [6.07, 6.45) is 0. The van der Waals surface area contributed by atoms with E-state index in [0.29, 0.717) is 0 Å². The van der Waals surface area contributed by atoms with Crippen molar-refractivity contribution in [2.45, 2.75) is 0 Å². The third kappa shape index (κ3) is 1.18. The first-order valence-electron chi connectivity index (χ1n) is 3.53. The van der Waals surface area contributed by atoms with Crippen LogP contribution in [0.1, 0.15) is 0 Å². The Morgan fingerprint density at radius 2 is 0.929 bits per heavy atom. The number of nitrogens with two attached hydrogens (primary N) is 6. The third-order valence-electron chi connectivity index (χ3n) is 1.79. The van der Waals surface area contributed by atoms with E-state index in [1.54, 1.807) is 0 Å². The van der Waals surface area contributed by atoms with E-state index < -0.39 is 0 Å². The highest BCUT2D eigenvalue weighted by Crippen LogP contribution is 2.45. The van der Waals surface area contributed by atoms with Crippen LogP contribution in [0.5, 0.6) is 11.5 Å².